The highest BCUT2D eigenvalue weighted by Crippen LogP contribution is 2.27. The second-order valence-corrected chi connectivity index (χ2v) is 9.16. The zero-order chi connectivity index (χ0) is 24.2. The molecule has 3 aromatic rings. The maximum absolute atomic E-state index is 13.7. The van der Waals surface area contributed by atoms with E-state index in [0.29, 0.717) is 26.1 Å². The lowest BCUT2D eigenvalue weighted by Crippen LogP contribution is -2.57. The summed E-state index contributed by atoms with van der Waals surface area (Å²) in [7, 11) is 1.67. The molecule has 0 spiro atoms. The molecule has 2 aliphatic heterocycles. The lowest BCUT2D eigenvalue weighted by molar-refractivity contribution is -0.138. The number of benzene rings is 2. The number of nitrogens with zero attached hydrogens (tertiary/aromatic N) is 3. The molecule has 182 valence electrons. The van der Waals surface area contributed by atoms with Gasteiger partial charge in [-0.1, -0.05) is 36.4 Å². The number of piperazine rings is 1. The first-order valence-corrected chi connectivity index (χ1v) is 12.2. The SMILES string of the molecule is COc1ccc(CCN2CCN(C(=O)C3Cc4ccccc4CN3C(=O)c3ccco3)CC2)cc1. The number of carbonyl (C=O) groups is 2. The van der Waals surface area contributed by atoms with Gasteiger partial charge in [0.1, 0.15) is 11.8 Å². The van der Waals surface area contributed by atoms with E-state index >= 15 is 0 Å². The Labute approximate surface area is 205 Å². The Bertz CT molecular complexity index is 1150. The molecule has 35 heavy (non-hydrogen) atoms. The van der Waals surface area contributed by atoms with Gasteiger partial charge in [0, 0.05) is 45.7 Å². The molecule has 2 aromatic carbocycles. The summed E-state index contributed by atoms with van der Waals surface area (Å²) >= 11 is 0. The van der Waals surface area contributed by atoms with Crippen LogP contribution in [-0.4, -0.2) is 72.4 Å². The van der Waals surface area contributed by atoms with Gasteiger partial charge in [-0.25, -0.2) is 0 Å². The van der Waals surface area contributed by atoms with E-state index in [2.05, 4.69) is 23.1 Å². The van der Waals surface area contributed by atoms with Gasteiger partial charge in [-0.2, -0.15) is 0 Å². The van der Waals surface area contributed by atoms with Crippen LogP contribution in [0.5, 0.6) is 5.75 Å². The second kappa shape index (κ2) is 10.4. The first kappa shape index (κ1) is 23.2. The number of methoxy groups -OCH3 is 1. The Balaban J connectivity index is 1.22. The third kappa shape index (κ3) is 5.10. The summed E-state index contributed by atoms with van der Waals surface area (Å²) < 4.78 is 10.6. The fourth-order valence-electron chi connectivity index (χ4n) is 4.98. The van der Waals surface area contributed by atoms with E-state index in [0.717, 1.165) is 42.9 Å². The summed E-state index contributed by atoms with van der Waals surface area (Å²) in [4.78, 5) is 32.9. The highest BCUT2D eigenvalue weighted by Gasteiger charge is 2.38. The Hall–Kier alpha value is -3.58. The third-order valence-electron chi connectivity index (χ3n) is 7.09. The molecule has 1 saturated heterocycles. The summed E-state index contributed by atoms with van der Waals surface area (Å²) in [6.07, 6.45) is 2.98. The van der Waals surface area contributed by atoms with Crippen LogP contribution in [0.1, 0.15) is 27.2 Å². The molecule has 7 nitrogen and oxygen atoms in total. The van der Waals surface area contributed by atoms with E-state index < -0.39 is 6.04 Å². The Morgan fingerprint density at radius 1 is 0.943 bits per heavy atom. The highest BCUT2D eigenvalue weighted by atomic mass is 16.5. The van der Waals surface area contributed by atoms with Crippen molar-refractivity contribution in [3.63, 3.8) is 0 Å². The van der Waals surface area contributed by atoms with E-state index in [1.807, 2.05) is 35.2 Å². The molecule has 1 atom stereocenters. The standard InChI is InChI=1S/C28H31N3O4/c1-34-24-10-8-21(9-11-24)12-13-29-14-16-30(17-15-29)27(32)25-19-22-5-2-3-6-23(22)20-31(25)28(33)26-7-4-18-35-26/h2-11,18,25H,12-17,19-20H2,1H3. The number of furan rings is 1. The van der Waals surface area contributed by atoms with Gasteiger partial charge in [0.2, 0.25) is 5.91 Å². The van der Waals surface area contributed by atoms with Crippen LogP contribution in [0, 0.1) is 0 Å². The van der Waals surface area contributed by atoms with Crippen molar-refractivity contribution in [1.29, 1.82) is 0 Å². The van der Waals surface area contributed by atoms with Gasteiger partial charge in [-0.05, 0) is 47.4 Å². The van der Waals surface area contributed by atoms with Gasteiger partial charge < -0.3 is 19.0 Å². The monoisotopic (exact) mass is 473 g/mol. The Kier molecular flexibility index (Phi) is 6.86. The molecule has 2 aliphatic rings. The predicted molar refractivity (Wildman–Crippen MR) is 132 cm³/mol. The van der Waals surface area contributed by atoms with E-state index in [1.54, 1.807) is 24.1 Å². The number of hydrogen-bond acceptors (Lipinski definition) is 5. The zero-order valence-electron chi connectivity index (χ0n) is 20.1. The smallest absolute Gasteiger partial charge is 0.290 e. The molecule has 0 saturated carbocycles. The van der Waals surface area contributed by atoms with Crippen molar-refractivity contribution in [1.82, 2.24) is 14.7 Å². The van der Waals surface area contributed by atoms with E-state index in [9.17, 15) is 9.59 Å². The second-order valence-electron chi connectivity index (χ2n) is 9.16. The minimum absolute atomic E-state index is 0.0224. The molecule has 5 rings (SSSR count). The normalized spacial score (nSPS) is 18.3. The number of carbonyl (C=O) groups excluding carboxylic acids is 2. The summed E-state index contributed by atoms with van der Waals surface area (Å²) in [5.41, 5.74) is 3.49. The Morgan fingerprint density at radius 3 is 2.37 bits per heavy atom. The average Bonchev–Trinajstić information content (AvgIpc) is 3.46. The van der Waals surface area contributed by atoms with Crippen LogP contribution in [0.3, 0.4) is 0 Å². The molecule has 1 fully saturated rings. The fraction of sp³-hybridized carbons (Fsp3) is 0.357. The molecule has 7 heteroatoms. The summed E-state index contributed by atoms with van der Waals surface area (Å²) in [5.74, 6) is 0.923. The molecule has 1 aromatic heterocycles. The first-order chi connectivity index (χ1) is 17.1. The molecule has 0 bridgehead atoms. The maximum atomic E-state index is 13.7. The van der Waals surface area contributed by atoms with Gasteiger partial charge in [0.05, 0.1) is 13.4 Å². The number of ether oxygens (including phenoxy) is 1. The fourth-order valence-corrected chi connectivity index (χ4v) is 4.98. The van der Waals surface area contributed by atoms with Crippen molar-refractivity contribution < 1.29 is 18.7 Å². The topological polar surface area (TPSA) is 66.2 Å². The molecule has 1 unspecified atom stereocenters. The maximum Gasteiger partial charge on any atom is 0.290 e. The number of hydrogen-bond donors (Lipinski definition) is 0. The van der Waals surface area contributed by atoms with E-state index in [1.165, 1.54) is 11.8 Å². The van der Waals surface area contributed by atoms with Crippen molar-refractivity contribution in [2.45, 2.75) is 25.4 Å². The molecular weight excluding hydrogens is 442 g/mol. The first-order valence-electron chi connectivity index (χ1n) is 12.2. The lowest BCUT2D eigenvalue weighted by atomic mass is 9.92. The Morgan fingerprint density at radius 2 is 1.69 bits per heavy atom. The number of amides is 2. The van der Waals surface area contributed by atoms with Gasteiger partial charge in [0.15, 0.2) is 5.76 Å². The lowest BCUT2D eigenvalue weighted by Gasteiger charge is -2.41. The van der Waals surface area contributed by atoms with Crippen molar-refractivity contribution in [2.75, 3.05) is 39.8 Å². The van der Waals surface area contributed by atoms with Crippen molar-refractivity contribution in [3.05, 3.63) is 89.4 Å². The van der Waals surface area contributed by atoms with Crippen molar-refractivity contribution in [2.24, 2.45) is 0 Å². The van der Waals surface area contributed by atoms with Crippen molar-refractivity contribution in [3.8, 4) is 5.75 Å². The highest BCUT2D eigenvalue weighted by molar-refractivity contribution is 5.96. The summed E-state index contributed by atoms with van der Waals surface area (Å²) in [6, 6.07) is 19.1. The molecule has 0 radical (unpaired) electrons. The van der Waals surface area contributed by atoms with Crippen LogP contribution in [0.15, 0.2) is 71.3 Å². The number of fused-ring (bicyclic) bond motifs is 1. The van der Waals surface area contributed by atoms with Gasteiger partial charge >= 0.3 is 0 Å². The van der Waals surface area contributed by atoms with Gasteiger partial charge in [-0.15, -0.1) is 0 Å². The predicted octanol–water partition coefficient (Wildman–Crippen LogP) is 3.24. The molecule has 0 N–H and O–H groups in total. The molecule has 3 heterocycles. The van der Waals surface area contributed by atoms with Crippen LogP contribution in [0.2, 0.25) is 0 Å². The summed E-state index contributed by atoms with van der Waals surface area (Å²) in [6.45, 7) is 4.36. The number of rotatable bonds is 6. The van der Waals surface area contributed by atoms with E-state index in [4.69, 9.17) is 9.15 Å². The quantitative estimate of drug-likeness (QED) is 0.550. The largest absolute Gasteiger partial charge is 0.497 e. The summed E-state index contributed by atoms with van der Waals surface area (Å²) in [5, 5.41) is 0. The van der Waals surface area contributed by atoms with E-state index in [-0.39, 0.29) is 17.6 Å². The molecular formula is C28H31N3O4. The van der Waals surface area contributed by atoms with Crippen LogP contribution >= 0.6 is 0 Å². The zero-order valence-corrected chi connectivity index (χ0v) is 20.1. The minimum atomic E-state index is -0.520. The average molecular weight is 474 g/mol. The van der Waals surface area contributed by atoms with Crippen molar-refractivity contribution >= 4 is 11.8 Å². The van der Waals surface area contributed by atoms with Gasteiger partial charge in [0.25, 0.3) is 5.91 Å². The van der Waals surface area contributed by atoms with Gasteiger partial charge in [-0.3, -0.25) is 14.5 Å². The van der Waals surface area contributed by atoms with Crippen LogP contribution in [0.4, 0.5) is 0 Å². The third-order valence-corrected chi connectivity index (χ3v) is 7.09. The van der Waals surface area contributed by atoms with Crippen LogP contribution < -0.4 is 4.74 Å². The molecule has 2 amide bonds. The van der Waals surface area contributed by atoms with Crippen LogP contribution in [-0.2, 0) is 24.2 Å². The van der Waals surface area contributed by atoms with Crippen LogP contribution in [0.25, 0.3) is 0 Å². The molecule has 0 aliphatic carbocycles. The minimum Gasteiger partial charge on any atom is -0.497 e.